The van der Waals surface area contributed by atoms with E-state index in [1.165, 1.54) is 40.8 Å². The summed E-state index contributed by atoms with van der Waals surface area (Å²) in [5, 5.41) is 9.50. The van der Waals surface area contributed by atoms with Crippen molar-refractivity contribution in [2.24, 2.45) is 0 Å². The third-order valence-electron chi connectivity index (χ3n) is 5.84. The molecular formula is C26H23N3O2S. The summed E-state index contributed by atoms with van der Waals surface area (Å²) in [5.74, 6) is -0.314. The van der Waals surface area contributed by atoms with E-state index in [9.17, 15) is 9.59 Å². The maximum Gasteiger partial charge on any atom is 0.272 e. The van der Waals surface area contributed by atoms with Gasteiger partial charge in [0.2, 0.25) is 0 Å². The van der Waals surface area contributed by atoms with E-state index in [-0.39, 0.29) is 23.2 Å². The second-order valence-electron chi connectivity index (χ2n) is 7.96. The van der Waals surface area contributed by atoms with Crippen LogP contribution in [-0.2, 0) is 12.8 Å². The van der Waals surface area contributed by atoms with Gasteiger partial charge < -0.3 is 5.32 Å². The number of carbonyl (C=O) groups excluding carboxylic acids is 1. The van der Waals surface area contributed by atoms with Gasteiger partial charge in [-0.2, -0.15) is 9.78 Å². The van der Waals surface area contributed by atoms with Gasteiger partial charge in [-0.05, 0) is 72.0 Å². The quantitative estimate of drug-likeness (QED) is 0.489. The second-order valence-corrected chi connectivity index (χ2v) is 8.94. The number of fused-ring (bicyclic) bond motifs is 1. The van der Waals surface area contributed by atoms with Crippen LogP contribution in [0.4, 0.5) is 0 Å². The number of amides is 1. The van der Waals surface area contributed by atoms with Gasteiger partial charge in [-0.25, -0.2) is 0 Å². The molecule has 0 aliphatic heterocycles. The number of rotatable bonds is 5. The largest absolute Gasteiger partial charge is 0.339 e. The van der Waals surface area contributed by atoms with Crippen LogP contribution < -0.4 is 10.9 Å². The van der Waals surface area contributed by atoms with E-state index in [4.69, 9.17) is 0 Å². The van der Waals surface area contributed by atoms with Gasteiger partial charge in [0.1, 0.15) is 5.69 Å². The number of carbonyl (C=O) groups is 1. The number of nitrogens with zero attached hydrogens (tertiary/aromatic N) is 2. The Kier molecular flexibility index (Phi) is 5.69. The summed E-state index contributed by atoms with van der Waals surface area (Å²) >= 11 is 1.61. The molecule has 1 atom stereocenters. The molecule has 5 rings (SSSR count). The third kappa shape index (κ3) is 4.14. The number of aromatic nitrogens is 2. The Labute approximate surface area is 190 Å². The standard InChI is InChI=1S/C26H23N3O2S/c30-24-15-14-22(28-29(24)21-9-2-1-3-10-21)26(31)27-25(23-11-6-16-32-23)20-13-12-18-7-4-5-8-19(18)17-20/h1-3,6,9-17,25H,4-5,7-8H2,(H,27,31). The van der Waals surface area contributed by atoms with Crippen LogP contribution in [0.1, 0.15) is 50.9 Å². The highest BCUT2D eigenvalue weighted by Crippen LogP contribution is 2.30. The summed E-state index contributed by atoms with van der Waals surface area (Å²) in [6.07, 6.45) is 4.64. The maximum atomic E-state index is 13.2. The highest BCUT2D eigenvalue weighted by atomic mass is 32.1. The minimum atomic E-state index is -0.314. The van der Waals surface area contributed by atoms with Crippen LogP contribution in [0.5, 0.6) is 0 Å². The average Bonchev–Trinajstić information content (AvgIpc) is 3.37. The summed E-state index contributed by atoms with van der Waals surface area (Å²) < 4.78 is 1.26. The fraction of sp³-hybridized carbons (Fsp3) is 0.192. The molecule has 0 bridgehead atoms. The van der Waals surface area contributed by atoms with Gasteiger partial charge in [0, 0.05) is 10.9 Å². The van der Waals surface area contributed by atoms with E-state index in [1.54, 1.807) is 23.5 Å². The first-order valence-corrected chi connectivity index (χ1v) is 11.7. The molecule has 0 fully saturated rings. The summed E-state index contributed by atoms with van der Waals surface area (Å²) in [7, 11) is 0. The second kappa shape index (κ2) is 8.93. The Balaban J connectivity index is 1.47. The molecule has 1 aliphatic rings. The number of aryl methyl sites for hydroxylation is 2. The minimum absolute atomic E-state index is 0.202. The molecule has 0 radical (unpaired) electrons. The molecular weight excluding hydrogens is 418 g/mol. The number of hydrogen-bond donors (Lipinski definition) is 1. The Hall–Kier alpha value is -3.51. The lowest BCUT2D eigenvalue weighted by Crippen LogP contribution is -2.32. The predicted molar refractivity (Wildman–Crippen MR) is 127 cm³/mol. The van der Waals surface area contributed by atoms with Gasteiger partial charge >= 0.3 is 0 Å². The fourth-order valence-corrected chi connectivity index (χ4v) is 5.00. The molecule has 2 aromatic carbocycles. The lowest BCUT2D eigenvalue weighted by molar-refractivity contribution is 0.0936. The molecule has 2 aromatic heterocycles. The molecule has 4 aromatic rings. The monoisotopic (exact) mass is 441 g/mol. The molecule has 1 aliphatic carbocycles. The molecule has 32 heavy (non-hydrogen) atoms. The van der Waals surface area contributed by atoms with Crippen LogP contribution >= 0.6 is 11.3 Å². The fourth-order valence-electron chi connectivity index (χ4n) is 4.20. The van der Waals surface area contributed by atoms with E-state index < -0.39 is 0 Å². The van der Waals surface area contributed by atoms with E-state index in [0.717, 1.165) is 23.3 Å². The van der Waals surface area contributed by atoms with Crippen molar-refractivity contribution in [3.8, 4) is 5.69 Å². The molecule has 1 unspecified atom stereocenters. The van der Waals surface area contributed by atoms with Crippen LogP contribution in [-0.4, -0.2) is 15.7 Å². The Morgan fingerprint density at radius 1 is 0.938 bits per heavy atom. The maximum absolute atomic E-state index is 13.2. The Bertz CT molecular complexity index is 1300. The summed E-state index contributed by atoms with van der Waals surface area (Å²) in [5.41, 5.74) is 4.40. The van der Waals surface area contributed by atoms with Crippen LogP contribution in [0.15, 0.2) is 83.0 Å². The van der Waals surface area contributed by atoms with Crippen molar-refractivity contribution < 1.29 is 4.79 Å². The number of para-hydroxylation sites is 1. The average molecular weight is 442 g/mol. The summed E-state index contributed by atoms with van der Waals surface area (Å²) in [4.78, 5) is 26.6. The number of benzene rings is 2. The number of thiophene rings is 1. The summed E-state index contributed by atoms with van der Waals surface area (Å²) in [6, 6.07) is 22.3. The molecule has 0 saturated carbocycles. The lowest BCUT2D eigenvalue weighted by atomic mass is 9.89. The highest BCUT2D eigenvalue weighted by Gasteiger charge is 2.22. The van der Waals surface area contributed by atoms with Crippen LogP contribution in [0.3, 0.4) is 0 Å². The molecule has 6 heteroatoms. The zero-order chi connectivity index (χ0) is 21.9. The van der Waals surface area contributed by atoms with Gasteiger partial charge in [-0.15, -0.1) is 11.3 Å². The van der Waals surface area contributed by atoms with Crippen molar-refractivity contribution in [3.63, 3.8) is 0 Å². The first-order chi connectivity index (χ1) is 15.7. The van der Waals surface area contributed by atoms with Crippen molar-refractivity contribution in [3.05, 3.63) is 116 Å². The van der Waals surface area contributed by atoms with E-state index in [0.29, 0.717) is 5.69 Å². The molecule has 2 heterocycles. The van der Waals surface area contributed by atoms with Crippen molar-refractivity contribution in [2.45, 2.75) is 31.7 Å². The topological polar surface area (TPSA) is 64.0 Å². The Morgan fingerprint density at radius 3 is 2.53 bits per heavy atom. The third-order valence-corrected chi connectivity index (χ3v) is 6.78. The lowest BCUT2D eigenvalue weighted by Gasteiger charge is -2.22. The molecule has 5 nitrogen and oxygen atoms in total. The molecule has 0 spiro atoms. The summed E-state index contributed by atoms with van der Waals surface area (Å²) in [6.45, 7) is 0. The van der Waals surface area contributed by atoms with Gasteiger partial charge in [-0.1, -0.05) is 42.5 Å². The van der Waals surface area contributed by atoms with Gasteiger partial charge in [-0.3, -0.25) is 9.59 Å². The van der Waals surface area contributed by atoms with E-state index >= 15 is 0 Å². The zero-order valence-electron chi connectivity index (χ0n) is 17.5. The van der Waals surface area contributed by atoms with Crippen LogP contribution in [0.2, 0.25) is 0 Å². The smallest absolute Gasteiger partial charge is 0.272 e. The molecule has 160 valence electrons. The number of nitrogens with one attached hydrogen (secondary N) is 1. The first kappa shape index (κ1) is 20.4. The van der Waals surface area contributed by atoms with Crippen LogP contribution in [0, 0.1) is 0 Å². The van der Waals surface area contributed by atoms with Gasteiger partial charge in [0.25, 0.3) is 11.5 Å². The first-order valence-electron chi connectivity index (χ1n) is 10.8. The van der Waals surface area contributed by atoms with Crippen LogP contribution in [0.25, 0.3) is 5.69 Å². The van der Waals surface area contributed by atoms with Crippen molar-refractivity contribution in [2.75, 3.05) is 0 Å². The van der Waals surface area contributed by atoms with Gasteiger partial charge in [0.05, 0.1) is 11.7 Å². The molecule has 1 amide bonds. The van der Waals surface area contributed by atoms with Crippen molar-refractivity contribution >= 4 is 17.2 Å². The van der Waals surface area contributed by atoms with Crippen molar-refractivity contribution in [1.29, 1.82) is 0 Å². The molecule has 0 saturated heterocycles. The number of hydrogen-bond acceptors (Lipinski definition) is 4. The van der Waals surface area contributed by atoms with E-state index in [1.807, 2.05) is 35.7 Å². The SMILES string of the molecule is O=C(NC(c1ccc2c(c1)CCCC2)c1cccs1)c1ccc(=O)n(-c2ccccc2)n1. The van der Waals surface area contributed by atoms with Gasteiger partial charge in [0.15, 0.2) is 0 Å². The molecule has 1 N–H and O–H groups in total. The zero-order valence-corrected chi connectivity index (χ0v) is 18.3. The van der Waals surface area contributed by atoms with E-state index in [2.05, 4.69) is 28.6 Å². The Morgan fingerprint density at radius 2 is 1.75 bits per heavy atom. The predicted octanol–water partition coefficient (Wildman–Crippen LogP) is 4.69. The highest BCUT2D eigenvalue weighted by molar-refractivity contribution is 7.10. The minimum Gasteiger partial charge on any atom is -0.339 e. The van der Waals surface area contributed by atoms with Crippen molar-refractivity contribution in [1.82, 2.24) is 15.1 Å². The normalized spacial score (nSPS) is 13.9.